The maximum atomic E-state index is 9.44. The van der Waals surface area contributed by atoms with Crippen LogP contribution in [0.1, 0.15) is 0 Å². The summed E-state index contributed by atoms with van der Waals surface area (Å²) in [7, 11) is -15.4. The Kier molecular flexibility index (Phi) is 7.60. The Labute approximate surface area is 88.3 Å². The third kappa shape index (κ3) is 20.2. The van der Waals surface area contributed by atoms with E-state index in [2.05, 4.69) is 3.63 Å². The minimum atomic E-state index is -5.12. The Morgan fingerprint density at radius 1 is 0.800 bits per heavy atom. The SMILES string of the molecule is O=S(=O)(O)OS(=O)(=O)O.O=S(O)S(=O)O. The third-order valence-corrected chi connectivity index (χ3v) is 2.65. The van der Waals surface area contributed by atoms with Crippen LogP contribution >= 0.6 is 0 Å². The molecule has 0 amide bonds. The van der Waals surface area contributed by atoms with E-state index >= 15 is 0 Å². The van der Waals surface area contributed by atoms with Gasteiger partial charge in [-0.1, -0.05) is 0 Å². The van der Waals surface area contributed by atoms with E-state index in [4.69, 9.17) is 18.2 Å². The van der Waals surface area contributed by atoms with Crippen LogP contribution < -0.4 is 0 Å². The lowest BCUT2D eigenvalue weighted by atomic mass is 15.8. The molecule has 0 bridgehead atoms. The van der Waals surface area contributed by atoms with Crippen LogP contribution in [0.3, 0.4) is 0 Å². The molecule has 15 heavy (non-hydrogen) atoms. The first-order chi connectivity index (χ1) is 6.35. The zero-order valence-corrected chi connectivity index (χ0v) is 9.55. The highest BCUT2D eigenvalue weighted by molar-refractivity contribution is 8.56. The van der Waals surface area contributed by atoms with Crippen molar-refractivity contribution >= 4 is 41.0 Å². The van der Waals surface area contributed by atoms with Crippen LogP contribution in [-0.4, -0.2) is 43.5 Å². The first-order valence-electron chi connectivity index (χ1n) is 2.23. The molecule has 2 unspecified atom stereocenters. The molecule has 0 aliphatic heterocycles. The van der Waals surface area contributed by atoms with E-state index in [1.54, 1.807) is 0 Å². The van der Waals surface area contributed by atoms with Crippen LogP contribution in [0.25, 0.3) is 0 Å². The van der Waals surface area contributed by atoms with Gasteiger partial charge in [0.1, 0.15) is 0 Å². The van der Waals surface area contributed by atoms with Crippen molar-refractivity contribution in [1.82, 2.24) is 0 Å². The van der Waals surface area contributed by atoms with Crippen molar-refractivity contribution in [2.45, 2.75) is 0 Å². The molecule has 4 N–H and O–H groups in total. The largest absolute Gasteiger partial charge is 0.413 e. The zero-order chi connectivity index (χ0) is 12.9. The van der Waals surface area contributed by atoms with E-state index in [9.17, 15) is 25.3 Å². The lowest BCUT2D eigenvalue weighted by Crippen LogP contribution is -2.10. The monoisotopic (exact) mass is 308 g/mol. The molecule has 0 rings (SSSR count). The number of hydrogen-bond acceptors (Lipinski definition) is 7. The van der Waals surface area contributed by atoms with Gasteiger partial charge in [-0.3, -0.25) is 18.2 Å². The second-order valence-electron chi connectivity index (χ2n) is 1.36. The summed E-state index contributed by atoms with van der Waals surface area (Å²) in [6.07, 6.45) is 0. The molecule has 0 heterocycles. The molecule has 0 radical (unpaired) electrons. The average molecular weight is 308 g/mol. The van der Waals surface area contributed by atoms with Gasteiger partial charge in [-0.15, -0.1) is 3.63 Å². The van der Waals surface area contributed by atoms with E-state index in [1.807, 2.05) is 0 Å². The van der Waals surface area contributed by atoms with Gasteiger partial charge in [-0.2, -0.15) is 16.8 Å². The second-order valence-corrected chi connectivity index (χ2v) is 6.19. The highest BCUT2D eigenvalue weighted by Crippen LogP contribution is 1.91. The maximum Gasteiger partial charge on any atom is 0.413 e. The lowest BCUT2D eigenvalue weighted by Gasteiger charge is -1.89. The molecule has 2 atom stereocenters. The predicted molar refractivity (Wildman–Crippen MR) is 45.7 cm³/mol. The third-order valence-electron chi connectivity index (χ3n) is 0.294. The van der Waals surface area contributed by atoms with E-state index in [0.29, 0.717) is 0 Å². The van der Waals surface area contributed by atoms with Gasteiger partial charge in [0.05, 0.1) is 0 Å². The van der Waals surface area contributed by atoms with Gasteiger partial charge >= 0.3 is 20.8 Å². The topological polar surface area (TPSA) is 193 Å². The minimum Gasteiger partial charge on any atom is -0.294 e. The van der Waals surface area contributed by atoms with Crippen molar-refractivity contribution in [2.24, 2.45) is 0 Å². The van der Waals surface area contributed by atoms with Gasteiger partial charge in [-0.05, 0) is 0 Å². The molecule has 94 valence electrons. The summed E-state index contributed by atoms with van der Waals surface area (Å²) in [6.45, 7) is 0. The summed E-state index contributed by atoms with van der Waals surface area (Å²) in [4.78, 5) is 0. The van der Waals surface area contributed by atoms with Gasteiger partial charge in [0.2, 0.25) is 0 Å². The molecule has 11 nitrogen and oxygen atoms in total. The van der Waals surface area contributed by atoms with Crippen molar-refractivity contribution in [3.05, 3.63) is 0 Å². The highest BCUT2D eigenvalue weighted by atomic mass is 33.2. The normalized spacial score (nSPS) is 16.0. The standard InChI is InChI=1S/H2O7S2.H2O4S2/c1-8(2,3)7-9(4,5)6;1-5(2)6(3)4/h(H,1,2,3)(H,4,5,6);(H,1,2)(H,3,4). The maximum absolute atomic E-state index is 9.44. The van der Waals surface area contributed by atoms with Crippen LogP contribution in [-0.2, 0) is 44.7 Å². The van der Waals surface area contributed by atoms with Crippen LogP contribution in [0, 0.1) is 0 Å². The number of rotatable bonds is 3. The Bertz CT molecular complexity index is 377. The summed E-state index contributed by atoms with van der Waals surface area (Å²) in [6, 6.07) is 0. The first kappa shape index (κ1) is 17.4. The quantitative estimate of drug-likeness (QED) is 0.255. The van der Waals surface area contributed by atoms with Crippen molar-refractivity contribution in [2.75, 3.05) is 0 Å². The van der Waals surface area contributed by atoms with Crippen molar-refractivity contribution in [3.8, 4) is 0 Å². The molecule has 0 aromatic heterocycles. The molecule has 0 saturated carbocycles. The molecule has 0 spiro atoms. The van der Waals surface area contributed by atoms with Crippen LogP contribution in [0.2, 0.25) is 0 Å². The summed E-state index contributed by atoms with van der Waals surface area (Å²) < 4.78 is 89.2. The second kappa shape index (κ2) is 6.55. The van der Waals surface area contributed by atoms with Crippen LogP contribution in [0.15, 0.2) is 0 Å². The Hall–Kier alpha value is -0.000000000000000215. The van der Waals surface area contributed by atoms with Crippen LogP contribution in [0.4, 0.5) is 0 Å². The summed E-state index contributed by atoms with van der Waals surface area (Å²) >= 11 is 0. The molecule has 0 aromatic rings. The fourth-order valence-electron chi connectivity index (χ4n) is 0.109. The van der Waals surface area contributed by atoms with Gasteiger partial charge in [0.15, 0.2) is 0 Å². The minimum absolute atomic E-state index is 2.59. The first-order valence-corrected chi connectivity index (χ1v) is 7.69. The lowest BCUT2D eigenvalue weighted by molar-refractivity contribution is 0.344. The smallest absolute Gasteiger partial charge is 0.294 e. The van der Waals surface area contributed by atoms with Crippen molar-refractivity contribution in [1.29, 1.82) is 0 Å². The van der Waals surface area contributed by atoms with Crippen molar-refractivity contribution < 1.29 is 47.1 Å². The van der Waals surface area contributed by atoms with E-state index < -0.39 is 41.0 Å². The molecule has 0 saturated heterocycles. The fourth-order valence-corrected chi connectivity index (χ4v) is 0.978. The summed E-state index contributed by atoms with van der Waals surface area (Å²) in [5, 5.41) is 0. The molecular formula is H4O11S4. The molecule has 0 aliphatic rings. The molecule has 15 heteroatoms. The molecule has 0 fully saturated rings. The van der Waals surface area contributed by atoms with Crippen molar-refractivity contribution in [3.63, 3.8) is 0 Å². The van der Waals surface area contributed by atoms with Gasteiger partial charge < -0.3 is 0 Å². The van der Waals surface area contributed by atoms with Gasteiger partial charge in [0, 0.05) is 0 Å². The van der Waals surface area contributed by atoms with E-state index in [0.717, 1.165) is 0 Å². The van der Waals surface area contributed by atoms with Crippen LogP contribution in [0.5, 0.6) is 0 Å². The average Bonchev–Trinajstić information content (AvgIpc) is 1.78. The Balaban J connectivity index is 0. The number of hydrogen-bond donors (Lipinski definition) is 4. The molecular weight excluding hydrogens is 304 g/mol. The van der Waals surface area contributed by atoms with Gasteiger partial charge in [-0.25, -0.2) is 8.42 Å². The van der Waals surface area contributed by atoms with E-state index in [-0.39, 0.29) is 0 Å². The summed E-state index contributed by atoms with van der Waals surface area (Å²) in [5.74, 6) is 0. The van der Waals surface area contributed by atoms with Gasteiger partial charge in [0.25, 0.3) is 20.2 Å². The van der Waals surface area contributed by atoms with E-state index in [1.165, 1.54) is 0 Å². The Morgan fingerprint density at radius 2 is 1.00 bits per heavy atom. The molecule has 0 aromatic carbocycles. The summed E-state index contributed by atoms with van der Waals surface area (Å²) in [5.41, 5.74) is 0. The zero-order valence-electron chi connectivity index (χ0n) is 6.28. The predicted octanol–water partition coefficient (Wildman–Crippen LogP) is -2.05. The fraction of sp³-hybridized carbons (Fsp3) is 0. The highest BCUT2D eigenvalue weighted by Gasteiger charge is 2.15. The molecule has 0 aliphatic carbocycles. The Morgan fingerprint density at radius 3 is 1.00 bits per heavy atom.